The van der Waals surface area contributed by atoms with Crippen LogP contribution in [0.3, 0.4) is 0 Å². The van der Waals surface area contributed by atoms with Crippen LogP contribution in [0.1, 0.15) is 19.8 Å². The summed E-state index contributed by atoms with van der Waals surface area (Å²) in [5.41, 5.74) is 5.81. The van der Waals surface area contributed by atoms with Crippen LogP contribution in [0.15, 0.2) is 18.2 Å². The van der Waals surface area contributed by atoms with Gasteiger partial charge in [0.05, 0.1) is 10.7 Å². The molecule has 0 aliphatic heterocycles. The third kappa shape index (κ3) is 4.16. The SMILES string of the molecule is CC(N)CCC(=O)Nc1cc(F)ccc1Cl. The highest BCUT2D eigenvalue weighted by atomic mass is 35.5. The zero-order valence-corrected chi connectivity index (χ0v) is 9.72. The largest absolute Gasteiger partial charge is 0.328 e. The number of carbonyl (C=O) groups is 1. The molecule has 1 atom stereocenters. The number of anilines is 1. The summed E-state index contributed by atoms with van der Waals surface area (Å²) in [5, 5.41) is 2.86. The molecule has 0 spiro atoms. The lowest BCUT2D eigenvalue weighted by molar-refractivity contribution is -0.116. The maximum Gasteiger partial charge on any atom is 0.224 e. The van der Waals surface area contributed by atoms with Crippen LogP contribution < -0.4 is 11.1 Å². The first-order valence-corrected chi connectivity index (χ1v) is 5.37. The van der Waals surface area contributed by atoms with Crippen LogP contribution in [0.25, 0.3) is 0 Å². The monoisotopic (exact) mass is 244 g/mol. The second kappa shape index (κ2) is 5.82. The van der Waals surface area contributed by atoms with Gasteiger partial charge in [0, 0.05) is 12.5 Å². The highest BCUT2D eigenvalue weighted by Gasteiger charge is 2.07. The summed E-state index contributed by atoms with van der Waals surface area (Å²) < 4.78 is 12.9. The fourth-order valence-corrected chi connectivity index (χ4v) is 1.33. The maximum atomic E-state index is 12.9. The Morgan fingerprint density at radius 1 is 1.62 bits per heavy atom. The van der Waals surface area contributed by atoms with Crippen molar-refractivity contribution in [3.8, 4) is 0 Å². The van der Waals surface area contributed by atoms with Crippen molar-refractivity contribution in [1.29, 1.82) is 0 Å². The molecule has 0 saturated carbocycles. The van der Waals surface area contributed by atoms with Crippen molar-refractivity contribution in [2.75, 3.05) is 5.32 Å². The van der Waals surface area contributed by atoms with E-state index in [1.807, 2.05) is 6.92 Å². The zero-order chi connectivity index (χ0) is 12.1. The van der Waals surface area contributed by atoms with E-state index in [1.165, 1.54) is 18.2 Å². The second-order valence-electron chi connectivity index (χ2n) is 3.69. The molecule has 1 aromatic rings. The van der Waals surface area contributed by atoms with Gasteiger partial charge in [-0.05, 0) is 31.5 Å². The van der Waals surface area contributed by atoms with Gasteiger partial charge in [0.2, 0.25) is 5.91 Å². The molecule has 3 N–H and O–H groups in total. The Morgan fingerprint density at radius 3 is 2.94 bits per heavy atom. The number of nitrogens with two attached hydrogens (primary N) is 1. The van der Waals surface area contributed by atoms with E-state index in [9.17, 15) is 9.18 Å². The van der Waals surface area contributed by atoms with Crippen molar-refractivity contribution >= 4 is 23.2 Å². The van der Waals surface area contributed by atoms with Crippen LogP contribution in [-0.2, 0) is 4.79 Å². The maximum absolute atomic E-state index is 12.9. The van der Waals surface area contributed by atoms with Crippen LogP contribution in [-0.4, -0.2) is 11.9 Å². The third-order valence-electron chi connectivity index (χ3n) is 2.03. The lowest BCUT2D eigenvalue weighted by Gasteiger charge is -2.08. The quantitative estimate of drug-likeness (QED) is 0.855. The molecule has 1 rings (SSSR count). The number of amides is 1. The highest BCUT2D eigenvalue weighted by molar-refractivity contribution is 6.33. The highest BCUT2D eigenvalue weighted by Crippen LogP contribution is 2.22. The molecule has 0 aliphatic carbocycles. The van der Waals surface area contributed by atoms with Crippen molar-refractivity contribution in [2.24, 2.45) is 5.73 Å². The Hall–Kier alpha value is -1.13. The molecule has 0 radical (unpaired) electrons. The lowest BCUT2D eigenvalue weighted by atomic mass is 10.2. The molecule has 0 bridgehead atoms. The molecule has 1 aromatic carbocycles. The predicted octanol–water partition coefficient (Wildman–Crippen LogP) is 2.55. The van der Waals surface area contributed by atoms with Crippen molar-refractivity contribution in [2.45, 2.75) is 25.8 Å². The normalized spacial score (nSPS) is 12.2. The molecule has 0 aliphatic rings. The summed E-state index contributed by atoms with van der Waals surface area (Å²) in [6, 6.07) is 3.79. The van der Waals surface area contributed by atoms with Gasteiger partial charge in [-0.1, -0.05) is 11.6 Å². The number of nitrogens with one attached hydrogen (secondary N) is 1. The van der Waals surface area contributed by atoms with Crippen molar-refractivity contribution in [3.05, 3.63) is 29.0 Å². The molecule has 16 heavy (non-hydrogen) atoms. The fourth-order valence-electron chi connectivity index (χ4n) is 1.16. The van der Waals surface area contributed by atoms with E-state index in [0.717, 1.165) is 0 Å². The number of hydrogen-bond acceptors (Lipinski definition) is 2. The van der Waals surface area contributed by atoms with Gasteiger partial charge >= 0.3 is 0 Å². The number of hydrogen-bond donors (Lipinski definition) is 2. The average Bonchev–Trinajstić information content (AvgIpc) is 2.20. The minimum Gasteiger partial charge on any atom is -0.328 e. The van der Waals surface area contributed by atoms with Gasteiger partial charge in [0.25, 0.3) is 0 Å². The van der Waals surface area contributed by atoms with Crippen LogP contribution >= 0.6 is 11.6 Å². The van der Waals surface area contributed by atoms with Gasteiger partial charge in [0.1, 0.15) is 5.82 Å². The van der Waals surface area contributed by atoms with E-state index in [1.54, 1.807) is 0 Å². The Bertz CT molecular complexity index is 382. The van der Waals surface area contributed by atoms with Gasteiger partial charge in [-0.3, -0.25) is 4.79 Å². The molecule has 5 heteroatoms. The second-order valence-corrected chi connectivity index (χ2v) is 4.10. The first-order valence-electron chi connectivity index (χ1n) is 4.99. The van der Waals surface area contributed by atoms with E-state index in [4.69, 9.17) is 17.3 Å². The first kappa shape index (κ1) is 12.9. The third-order valence-corrected chi connectivity index (χ3v) is 2.36. The van der Waals surface area contributed by atoms with Gasteiger partial charge in [0.15, 0.2) is 0 Å². The lowest BCUT2D eigenvalue weighted by Crippen LogP contribution is -2.19. The number of benzene rings is 1. The van der Waals surface area contributed by atoms with Crippen molar-refractivity contribution in [1.82, 2.24) is 0 Å². The fraction of sp³-hybridized carbons (Fsp3) is 0.364. The van der Waals surface area contributed by atoms with Crippen LogP contribution in [0.4, 0.5) is 10.1 Å². The van der Waals surface area contributed by atoms with Gasteiger partial charge in [-0.15, -0.1) is 0 Å². The van der Waals surface area contributed by atoms with Crippen LogP contribution in [0.2, 0.25) is 5.02 Å². The topological polar surface area (TPSA) is 55.1 Å². The minimum absolute atomic E-state index is 0.0336. The first-order chi connectivity index (χ1) is 7.49. The molecule has 1 unspecified atom stereocenters. The Kier molecular flexibility index (Phi) is 4.71. The van der Waals surface area contributed by atoms with E-state index < -0.39 is 5.82 Å². The van der Waals surface area contributed by atoms with Crippen LogP contribution in [0.5, 0.6) is 0 Å². The van der Waals surface area contributed by atoms with E-state index in [0.29, 0.717) is 17.9 Å². The summed E-state index contributed by atoms with van der Waals surface area (Å²) in [6.45, 7) is 1.82. The molecule has 0 fully saturated rings. The van der Waals surface area contributed by atoms with E-state index in [2.05, 4.69) is 5.32 Å². The van der Waals surface area contributed by atoms with Gasteiger partial charge in [-0.2, -0.15) is 0 Å². The summed E-state index contributed by atoms with van der Waals surface area (Å²) in [5.74, 6) is -0.656. The standard InChI is InChI=1S/C11H14ClFN2O/c1-7(14)2-5-11(16)15-10-6-8(13)3-4-9(10)12/h3-4,6-7H,2,5,14H2,1H3,(H,15,16). The summed E-state index contributed by atoms with van der Waals surface area (Å²) in [4.78, 5) is 11.4. The molecule has 3 nitrogen and oxygen atoms in total. The van der Waals surface area contributed by atoms with Gasteiger partial charge in [-0.25, -0.2) is 4.39 Å². The molecular formula is C11H14ClFN2O. The average molecular weight is 245 g/mol. The Labute approximate surface area is 98.8 Å². The molecule has 0 heterocycles. The van der Waals surface area contributed by atoms with E-state index in [-0.39, 0.29) is 17.6 Å². The van der Waals surface area contributed by atoms with Crippen molar-refractivity contribution in [3.63, 3.8) is 0 Å². The number of halogens is 2. The Morgan fingerprint density at radius 2 is 2.31 bits per heavy atom. The molecular weight excluding hydrogens is 231 g/mol. The molecule has 88 valence electrons. The predicted molar refractivity (Wildman–Crippen MR) is 62.9 cm³/mol. The number of carbonyl (C=O) groups excluding carboxylic acids is 1. The summed E-state index contributed by atoms with van der Waals surface area (Å²) in [6.07, 6.45) is 0.878. The summed E-state index contributed by atoms with van der Waals surface area (Å²) >= 11 is 5.80. The zero-order valence-electron chi connectivity index (χ0n) is 8.97. The molecule has 0 aromatic heterocycles. The van der Waals surface area contributed by atoms with Gasteiger partial charge < -0.3 is 11.1 Å². The summed E-state index contributed by atoms with van der Waals surface area (Å²) in [7, 11) is 0. The molecule has 1 amide bonds. The number of rotatable bonds is 4. The van der Waals surface area contributed by atoms with E-state index >= 15 is 0 Å². The smallest absolute Gasteiger partial charge is 0.224 e. The molecule has 0 saturated heterocycles. The minimum atomic E-state index is -0.438. The van der Waals surface area contributed by atoms with Crippen molar-refractivity contribution < 1.29 is 9.18 Å². The van der Waals surface area contributed by atoms with Crippen LogP contribution in [0, 0.1) is 5.82 Å². The Balaban J connectivity index is 2.59.